The lowest BCUT2D eigenvalue weighted by Crippen LogP contribution is -2.22. The fourth-order valence-corrected chi connectivity index (χ4v) is 2.49. The van der Waals surface area contributed by atoms with Crippen molar-refractivity contribution in [2.45, 2.75) is 6.42 Å². The molecule has 0 amide bonds. The van der Waals surface area contributed by atoms with E-state index in [1.165, 1.54) is 19.5 Å². The summed E-state index contributed by atoms with van der Waals surface area (Å²) in [6, 6.07) is 6.12. The Balaban J connectivity index is 1.84. The lowest BCUT2D eigenvalue weighted by Gasteiger charge is -2.18. The highest BCUT2D eigenvalue weighted by atomic mass is 79.9. The van der Waals surface area contributed by atoms with E-state index in [0.29, 0.717) is 0 Å². The van der Waals surface area contributed by atoms with E-state index in [1.807, 2.05) is 6.07 Å². The molecule has 13 heavy (non-hydrogen) atoms. The number of hydrogen-bond acceptors (Lipinski definition) is 2. The normalized spacial score (nSPS) is 30.4. The van der Waals surface area contributed by atoms with Crippen LogP contribution in [0.15, 0.2) is 22.8 Å². The molecule has 2 unspecified atom stereocenters. The van der Waals surface area contributed by atoms with E-state index in [4.69, 9.17) is 0 Å². The molecule has 1 aromatic heterocycles. The van der Waals surface area contributed by atoms with Crippen molar-refractivity contribution in [1.82, 2.24) is 4.98 Å². The number of halogens is 1. The van der Waals surface area contributed by atoms with Crippen molar-refractivity contribution in [3.8, 4) is 0 Å². The van der Waals surface area contributed by atoms with Crippen LogP contribution in [0, 0.1) is 11.8 Å². The van der Waals surface area contributed by atoms with E-state index in [1.54, 1.807) is 0 Å². The molecule has 2 aliphatic rings. The lowest BCUT2D eigenvalue weighted by molar-refractivity contribution is 0.804. The van der Waals surface area contributed by atoms with Gasteiger partial charge in [0.25, 0.3) is 0 Å². The molecule has 0 bridgehead atoms. The zero-order valence-electron chi connectivity index (χ0n) is 7.28. The van der Waals surface area contributed by atoms with Gasteiger partial charge in [0.15, 0.2) is 0 Å². The zero-order valence-corrected chi connectivity index (χ0v) is 8.87. The Bertz CT molecular complexity index is 329. The minimum absolute atomic E-state index is 0.936. The van der Waals surface area contributed by atoms with E-state index in [2.05, 4.69) is 37.9 Å². The van der Waals surface area contributed by atoms with Gasteiger partial charge in [-0.25, -0.2) is 4.98 Å². The second-order valence-electron chi connectivity index (χ2n) is 3.98. The quantitative estimate of drug-likeness (QED) is 0.699. The smallest absolute Gasteiger partial charge is 0.129 e. The number of piperidine rings is 1. The molecule has 0 radical (unpaired) electrons. The maximum Gasteiger partial charge on any atom is 0.129 e. The molecule has 3 heteroatoms. The molecule has 2 heterocycles. The third-order valence-corrected chi connectivity index (χ3v) is 3.44. The van der Waals surface area contributed by atoms with E-state index >= 15 is 0 Å². The largest absolute Gasteiger partial charge is 0.356 e. The predicted octanol–water partition coefficient (Wildman–Crippen LogP) is 2.30. The van der Waals surface area contributed by atoms with Gasteiger partial charge in [-0.15, -0.1) is 0 Å². The van der Waals surface area contributed by atoms with Crippen molar-refractivity contribution < 1.29 is 0 Å². The van der Waals surface area contributed by atoms with Crippen molar-refractivity contribution in [1.29, 1.82) is 0 Å². The Morgan fingerprint density at radius 3 is 2.77 bits per heavy atom. The summed E-state index contributed by atoms with van der Waals surface area (Å²) >= 11 is 3.40. The topological polar surface area (TPSA) is 16.1 Å². The summed E-state index contributed by atoms with van der Waals surface area (Å²) in [5.41, 5.74) is 0. The second kappa shape index (κ2) is 2.71. The molecule has 0 aromatic carbocycles. The maximum atomic E-state index is 4.45. The minimum Gasteiger partial charge on any atom is -0.356 e. The standard InChI is InChI=1S/C10H11BrN2/c11-9-2-1-3-10(12-9)13-5-7-4-8(7)6-13/h1-3,7-8H,4-6H2. The van der Waals surface area contributed by atoms with Crippen molar-refractivity contribution in [3.05, 3.63) is 22.8 Å². The average Bonchev–Trinajstić information content (AvgIpc) is 2.74. The van der Waals surface area contributed by atoms with E-state index in [-0.39, 0.29) is 0 Å². The van der Waals surface area contributed by atoms with Gasteiger partial charge in [0.1, 0.15) is 10.4 Å². The maximum absolute atomic E-state index is 4.45. The first kappa shape index (κ1) is 7.80. The monoisotopic (exact) mass is 238 g/mol. The first-order chi connectivity index (χ1) is 6.33. The summed E-state index contributed by atoms with van der Waals surface area (Å²) in [5, 5.41) is 0. The van der Waals surface area contributed by atoms with E-state index in [9.17, 15) is 0 Å². The summed E-state index contributed by atoms with van der Waals surface area (Å²) < 4.78 is 0.936. The van der Waals surface area contributed by atoms with Gasteiger partial charge in [0.05, 0.1) is 0 Å². The average molecular weight is 239 g/mol. The highest BCUT2D eigenvalue weighted by Crippen LogP contribution is 2.45. The summed E-state index contributed by atoms with van der Waals surface area (Å²) in [6.07, 6.45) is 1.45. The first-order valence-electron chi connectivity index (χ1n) is 4.70. The first-order valence-corrected chi connectivity index (χ1v) is 5.50. The molecule has 68 valence electrons. The fourth-order valence-electron chi connectivity index (χ4n) is 2.16. The Hall–Kier alpha value is -0.570. The second-order valence-corrected chi connectivity index (χ2v) is 4.79. The predicted molar refractivity (Wildman–Crippen MR) is 55.7 cm³/mol. The number of hydrogen-bond donors (Lipinski definition) is 0. The molecule has 1 aliphatic carbocycles. The van der Waals surface area contributed by atoms with Crippen LogP contribution in [-0.2, 0) is 0 Å². The lowest BCUT2D eigenvalue weighted by atomic mass is 10.4. The molecular formula is C10H11BrN2. The van der Waals surface area contributed by atoms with E-state index in [0.717, 1.165) is 22.3 Å². The molecule has 2 fully saturated rings. The van der Waals surface area contributed by atoms with Gasteiger partial charge in [-0.3, -0.25) is 0 Å². The van der Waals surface area contributed by atoms with Gasteiger partial charge in [0, 0.05) is 13.1 Å². The van der Waals surface area contributed by atoms with Gasteiger partial charge in [-0.1, -0.05) is 6.07 Å². The number of anilines is 1. The molecule has 2 nitrogen and oxygen atoms in total. The summed E-state index contributed by atoms with van der Waals surface area (Å²) in [7, 11) is 0. The molecule has 0 N–H and O–H groups in total. The number of fused-ring (bicyclic) bond motifs is 1. The molecule has 3 rings (SSSR count). The van der Waals surface area contributed by atoms with Crippen LogP contribution in [0.25, 0.3) is 0 Å². The van der Waals surface area contributed by atoms with Crippen molar-refractivity contribution in [2.24, 2.45) is 11.8 Å². The van der Waals surface area contributed by atoms with Crippen LogP contribution in [0.4, 0.5) is 5.82 Å². The van der Waals surface area contributed by atoms with Crippen LogP contribution in [0.3, 0.4) is 0 Å². The van der Waals surface area contributed by atoms with Crippen LogP contribution >= 0.6 is 15.9 Å². The molecule has 0 spiro atoms. The Morgan fingerprint density at radius 2 is 2.08 bits per heavy atom. The summed E-state index contributed by atoms with van der Waals surface area (Å²) in [4.78, 5) is 6.85. The van der Waals surface area contributed by atoms with Gasteiger partial charge in [-0.05, 0) is 46.3 Å². The molecule has 1 saturated carbocycles. The molecular weight excluding hydrogens is 228 g/mol. The van der Waals surface area contributed by atoms with Crippen molar-refractivity contribution in [2.75, 3.05) is 18.0 Å². The van der Waals surface area contributed by atoms with Crippen LogP contribution in [0.1, 0.15) is 6.42 Å². The molecule has 1 aliphatic heterocycles. The number of nitrogens with zero attached hydrogens (tertiary/aromatic N) is 2. The minimum atomic E-state index is 0.936. The highest BCUT2D eigenvalue weighted by Gasteiger charge is 2.45. The van der Waals surface area contributed by atoms with Crippen LogP contribution in [0.5, 0.6) is 0 Å². The number of aromatic nitrogens is 1. The molecule has 1 saturated heterocycles. The van der Waals surface area contributed by atoms with Gasteiger partial charge in [0.2, 0.25) is 0 Å². The molecule has 2 atom stereocenters. The van der Waals surface area contributed by atoms with Gasteiger partial charge < -0.3 is 4.90 Å². The van der Waals surface area contributed by atoms with E-state index < -0.39 is 0 Å². The Kier molecular flexibility index (Phi) is 1.62. The molecule has 1 aromatic rings. The summed E-state index contributed by atoms with van der Waals surface area (Å²) in [6.45, 7) is 2.43. The van der Waals surface area contributed by atoms with Crippen molar-refractivity contribution in [3.63, 3.8) is 0 Å². The SMILES string of the molecule is Brc1cccc(N2CC3CC3C2)n1. The van der Waals surface area contributed by atoms with Crippen molar-refractivity contribution >= 4 is 21.7 Å². The van der Waals surface area contributed by atoms with Crippen LogP contribution < -0.4 is 4.90 Å². The van der Waals surface area contributed by atoms with Gasteiger partial charge in [-0.2, -0.15) is 0 Å². The highest BCUT2D eigenvalue weighted by molar-refractivity contribution is 9.10. The summed E-state index contributed by atoms with van der Waals surface area (Å²) in [5.74, 6) is 3.07. The Labute approximate surface area is 86.1 Å². The number of pyridine rings is 1. The third-order valence-electron chi connectivity index (χ3n) is 3.00. The van der Waals surface area contributed by atoms with Gasteiger partial charge >= 0.3 is 0 Å². The third kappa shape index (κ3) is 1.35. The Morgan fingerprint density at radius 1 is 1.31 bits per heavy atom. The zero-order chi connectivity index (χ0) is 8.84. The van der Waals surface area contributed by atoms with Crippen LogP contribution in [0.2, 0.25) is 0 Å². The van der Waals surface area contributed by atoms with Crippen LogP contribution in [-0.4, -0.2) is 18.1 Å². The number of rotatable bonds is 1. The fraction of sp³-hybridized carbons (Fsp3) is 0.500.